The number of amides is 4. The van der Waals surface area contributed by atoms with Crippen LogP contribution in [0, 0.1) is 0 Å². The summed E-state index contributed by atoms with van der Waals surface area (Å²) in [6.07, 6.45) is 0.353. The topological polar surface area (TPSA) is 97.0 Å². The first-order chi connectivity index (χ1) is 14.4. The number of benzene rings is 2. The molecule has 158 valence electrons. The summed E-state index contributed by atoms with van der Waals surface area (Å²) in [6.45, 7) is 1.72. The van der Waals surface area contributed by atoms with Crippen molar-refractivity contribution in [1.29, 1.82) is 0 Å². The molecule has 1 saturated heterocycles. The van der Waals surface area contributed by atoms with Gasteiger partial charge in [-0.2, -0.15) is 0 Å². The van der Waals surface area contributed by atoms with E-state index in [9.17, 15) is 14.4 Å². The molecule has 8 nitrogen and oxygen atoms in total. The van der Waals surface area contributed by atoms with Crippen molar-refractivity contribution < 1.29 is 23.9 Å². The Morgan fingerprint density at radius 2 is 1.77 bits per heavy atom. The number of urea groups is 1. The second kappa shape index (κ2) is 8.86. The van der Waals surface area contributed by atoms with E-state index < -0.39 is 23.4 Å². The largest absolute Gasteiger partial charge is 0.497 e. The summed E-state index contributed by atoms with van der Waals surface area (Å²) in [5.41, 5.74) is 0.292. The predicted molar refractivity (Wildman–Crippen MR) is 110 cm³/mol. The molecule has 0 saturated carbocycles. The molecule has 1 fully saturated rings. The van der Waals surface area contributed by atoms with Crippen LogP contribution in [-0.2, 0) is 21.7 Å². The molecule has 0 spiro atoms. The van der Waals surface area contributed by atoms with Gasteiger partial charge in [-0.3, -0.25) is 14.5 Å². The van der Waals surface area contributed by atoms with Crippen LogP contribution in [0.15, 0.2) is 48.5 Å². The second-order valence-corrected chi connectivity index (χ2v) is 6.94. The van der Waals surface area contributed by atoms with Gasteiger partial charge < -0.3 is 20.1 Å². The van der Waals surface area contributed by atoms with E-state index in [1.165, 1.54) is 0 Å². The predicted octanol–water partition coefficient (Wildman–Crippen LogP) is 2.18. The summed E-state index contributed by atoms with van der Waals surface area (Å²) in [6, 6.07) is 13.6. The Morgan fingerprint density at radius 3 is 2.40 bits per heavy atom. The molecule has 0 unspecified atom stereocenters. The number of hydrogen-bond donors (Lipinski definition) is 2. The van der Waals surface area contributed by atoms with Gasteiger partial charge in [-0.15, -0.1) is 0 Å². The molecule has 30 heavy (non-hydrogen) atoms. The van der Waals surface area contributed by atoms with Crippen LogP contribution in [0.4, 0.5) is 4.79 Å². The fourth-order valence-electron chi connectivity index (χ4n) is 3.47. The molecule has 2 N–H and O–H groups in total. The normalized spacial score (nSPS) is 18.2. The number of nitrogens with zero attached hydrogens (tertiary/aromatic N) is 1. The minimum atomic E-state index is -1.20. The number of nitrogens with one attached hydrogen (secondary N) is 2. The average Bonchev–Trinajstić information content (AvgIpc) is 3.03. The number of carbonyl (C=O) groups is 3. The van der Waals surface area contributed by atoms with Crippen molar-refractivity contribution in [3.63, 3.8) is 0 Å². The fourth-order valence-corrected chi connectivity index (χ4v) is 3.47. The lowest BCUT2D eigenvalue weighted by atomic mass is 9.87. The molecule has 2 aromatic carbocycles. The zero-order chi connectivity index (χ0) is 21.7. The summed E-state index contributed by atoms with van der Waals surface area (Å²) in [5, 5.41) is 5.50. The zero-order valence-electron chi connectivity index (χ0n) is 17.2. The fraction of sp³-hybridized carbons (Fsp3) is 0.318. The van der Waals surface area contributed by atoms with Gasteiger partial charge in [0.15, 0.2) is 0 Å². The summed E-state index contributed by atoms with van der Waals surface area (Å²) in [4.78, 5) is 39.0. The number of hydrogen-bond acceptors (Lipinski definition) is 5. The summed E-state index contributed by atoms with van der Waals surface area (Å²) >= 11 is 0. The molecule has 1 heterocycles. The lowest BCUT2D eigenvalue weighted by Gasteiger charge is -2.26. The first-order valence-electron chi connectivity index (χ1n) is 9.61. The highest BCUT2D eigenvalue weighted by Crippen LogP contribution is 2.33. The van der Waals surface area contributed by atoms with E-state index in [-0.39, 0.29) is 13.1 Å². The van der Waals surface area contributed by atoms with Crippen molar-refractivity contribution in [2.75, 3.05) is 20.8 Å². The van der Waals surface area contributed by atoms with Crippen LogP contribution in [-0.4, -0.2) is 43.5 Å². The van der Waals surface area contributed by atoms with Crippen LogP contribution in [0.2, 0.25) is 0 Å². The van der Waals surface area contributed by atoms with Gasteiger partial charge in [0, 0.05) is 6.54 Å². The first-order valence-corrected chi connectivity index (χ1v) is 9.61. The van der Waals surface area contributed by atoms with Gasteiger partial charge in [-0.1, -0.05) is 31.2 Å². The molecule has 1 aliphatic heterocycles. The number of methoxy groups -OCH3 is 2. The molecule has 3 rings (SSSR count). The molecular weight excluding hydrogens is 386 g/mol. The maximum absolute atomic E-state index is 13.1. The Balaban J connectivity index is 1.69. The van der Waals surface area contributed by atoms with Gasteiger partial charge in [-0.25, -0.2) is 4.79 Å². The molecule has 1 aliphatic rings. The molecular formula is C22H25N3O5. The molecule has 0 aliphatic carbocycles. The van der Waals surface area contributed by atoms with Crippen LogP contribution in [0.1, 0.15) is 24.5 Å². The van der Waals surface area contributed by atoms with Crippen molar-refractivity contribution in [3.8, 4) is 11.5 Å². The maximum Gasteiger partial charge on any atom is 0.325 e. The van der Waals surface area contributed by atoms with Crippen LogP contribution in [0.25, 0.3) is 0 Å². The summed E-state index contributed by atoms with van der Waals surface area (Å²) in [7, 11) is 3.12. The van der Waals surface area contributed by atoms with Crippen molar-refractivity contribution in [2.24, 2.45) is 0 Å². The number of ether oxygens (including phenoxy) is 2. The van der Waals surface area contributed by atoms with E-state index in [4.69, 9.17) is 9.47 Å². The SMILES string of the molecule is CC[C@@]1(c2ccc(OC)cc2)NC(=O)N(CC(=O)NCc2cccc(OC)c2)C1=O. The monoisotopic (exact) mass is 411 g/mol. The van der Waals surface area contributed by atoms with Crippen molar-refractivity contribution in [2.45, 2.75) is 25.4 Å². The number of rotatable bonds is 8. The highest BCUT2D eigenvalue weighted by molar-refractivity contribution is 6.09. The highest BCUT2D eigenvalue weighted by atomic mass is 16.5. The van der Waals surface area contributed by atoms with E-state index in [0.29, 0.717) is 23.5 Å². The molecule has 4 amide bonds. The van der Waals surface area contributed by atoms with Crippen LogP contribution in [0.3, 0.4) is 0 Å². The van der Waals surface area contributed by atoms with E-state index in [1.807, 2.05) is 25.1 Å². The van der Waals surface area contributed by atoms with Crippen molar-refractivity contribution in [1.82, 2.24) is 15.5 Å². The van der Waals surface area contributed by atoms with Crippen molar-refractivity contribution >= 4 is 17.8 Å². The van der Waals surface area contributed by atoms with Gasteiger partial charge in [0.1, 0.15) is 23.6 Å². The third-order valence-corrected chi connectivity index (χ3v) is 5.21. The Kier molecular flexibility index (Phi) is 6.25. The number of imide groups is 1. The Labute approximate surface area is 175 Å². The Morgan fingerprint density at radius 1 is 1.07 bits per heavy atom. The lowest BCUT2D eigenvalue weighted by molar-refractivity contribution is -0.135. The first kappa shape index (κ1) is 21.2. The standard InChI is InChI=1S/C22H25N3O5/c1-4-22(16-8-10-17(29-2)11-9-16)20(27)25(21(28)24-22)14-19(26)23-13-15-6-5-7-18(12-15)30-3/h5-12H,4,13-14H2,1-3H3,(H,23,26)(H,24,28)/t22-/m0/s1. The third kappa shape index (κ3) is 4.07. The van der Waals surface area contributed by atoms with Crippen LogP contribution < -0.4 is 20.1 Å². The third-order valence-electron chi connectivity index (χ3n) is 5.21. The average molecular weight is 411 g/mol. The minimum Gasteiger partial charge on any atom is -0.497 e. The minimum absolute atomic E-state index is 0.261. The smallest absolute Gasteiger partial charge is 0.325 e. The van der Waals surface area contributed by atoms with E-state index >= 15 is 0 Å². The van der Waals surface area contributed by atoms with Gasteiger partial charge in [0.25, 0.3) is 5.91 Å². The Hall–Kier alpha value is -3.55. The van der Waals surface area contributed by atoms with E-state index in [0.717, 1.165) is 10.5 Å². The zero-order valence-corrected chi connectivity index (χ0v) is 17.2. The van der Waals surface area contributed by atoms with E-state index in [2.05, 4.69) is 10.6 Å². The highest BCUT2D eigenvalue weighted by Gasteiger charge is 2.51. The van der Waals surface area contributed by atoms with E-state index in [1.54, 1.807) is 44.6 Å². The number of carbonyl (C=O) groups excluding carboxylic acids is 3. The van der Waals surface area contributed by atoms with Gasteiger partial charge in [-0.05, 0) is 41.8 Å². The Bertz CT molecular complexity index is 944. The van der Waals surface area contributed by atoms with Crippen molar-refractivity contribution in [3.05, 3.63) is 59.7 Å². The summed E-state index contributed by atoms with van der Waals surface area (Å²) in [5.74, 6) is 0.457. The molecule has 0 bridgehead atoms. The summed E-state index contributed by atoms with van der Waals surface area (Å²) < 4.78 is 10.3. The van der Waals surface area contributed by atoms with Crippen LogP contribution >= 0.6 is 0 Å². The lowest BCUT2D eigenvalue weighted by Crippen LogP contribution is -2.44. The van der Waals surface area contributed by atoms with Crippen LogP contribution in [0.5, 0.6) is 11.5 Å². The molecule has 1 atom stereocenters. The van der Waals surface area contributed by atoms with Gasteiger partial charge >= 0.3 is 6.03 Å². The van der Waals surface area contributed by atoms with Gasteiger partial charge in [0.2, 0.25) is 5.91 Å². The van der Waals surface area contributed by atoms with Gasteiger partial charge in [0.05, 0.1) is 14.2 Å². The molecule has 0 radical (unpaired) electrons. The second-order valence-electron chi connectivity index (χ2n) is 6.94. The quantitative estimate of drug-likeness (QED) is 0.649. The molecule has 0 aromatic heterocycles. The maximum atomic E-state index is 13.1. The molecule has 8 heteroatoms. The molecule has 2 aromatic rings.